The molecule has 2 N–H and O–H groups in total. The SMILES string of the molecule is COCCC1(CNCCCC(=O)O)CC1. The maximum Gasteiger partial charge on any atom is 0.303 e. The fourth-order valence-electron chi connectivity index (χ4n) is 1.73. The van der Waals surface area contributed by atoms with Gasteiger partial charge in [-0.25, -0.2) is 0 Å². The number of carboxylic acid groups (broad SMARTS) is 1. The van der Waals surface area contributed by atoms with Crippen LogP contribution in [0.2, 0.25) is 0 Å². The summed E-state index contributed by atoms with van der Waals surface area (Å²) in [4.78, 5) is 10.3. The molecule has 1 aliphatic rings. The second-order valence-corrected chi connectivity index (χ2v) is 4.42. The van der Waals surface area contributed by atoms with Crippen molar-refractivity contribution in [1.29, 1.82) is 0 Å². The van der Waals surface area contributed by atoms with E-state index in [-0.39, 0.29) is 6.42 Å². The Morgan fingerprint density at radius 3 is 2.80 bits per heavy atom. The van der Waals surface area contributed by atoms with Crippen LogP contribution in [-0.2, 0) is 9.53 Å². The number of rotatable bonds is 9. The molecule has 0 unspecified atom stereocenters. The van der Waals surface area contributed by atoms with E-state index in [9.17, 15) is 4.79 Å². The Labute approximate surface area is 91.0 Å². The molecule has 1 fully saturated rings. The minimum absolute atomic E-state index is 0.262. The van der Waals surface area contributed by atoms with Crippen LogP contribution >= 0.6 is 0 Å². The lowest BCUT2D eigenvalue weighted by Crippen LogP contribution is -2.26. The van der Waals surface area contributed by atoms with Gasteiger partial charge in [0, 0.05) is 26.7 Å². The molecule has 0 aromatic carbocycles. The zero-order chi connectivity index (χ0) is 11.1. The quantitative estimate of drug-likeness (QED) is 0.568. The second kappa shape index (κ2) is 6.08. The number of aliphatic carboxylic acids is 1. The first-order valence-corrected chi connectivity index (χ1v) is 5.60. The maximum atomic E-state index is 10.3. The standard InChI is InChI=1S/C11H21NO3/c1-15-8-6-11(4-5-11)9-12-7-2-3-10(13)14/h12H,2-9H2,1H3,(H,13,14). The van der Waals surface area contributed by atoms with E-state index in [1.807, 2.05) is 0 Å². The van der Waals surface area contributed by atoms with E-state index in [2.05, 4.69) is 5.32 Å². The van der Waals surface area contributed by atoms with Crippen molar-refractivity contribution in [3.63, 3.8) is 0 Å². The zero-order valence-corrected chi connectivity index (χ0v) is 9.42. The monoisotopic (exact) mass is 215 g/mol. The highest BCUT2D eigenvalue weighted by atomic mass is 16.5. The molecule has 0 heterocycles. The van der Waals surface area contributed by atoms with Crippen LogP contribution < -0.4 is 5.32 Å². The van der Waals surface area contributed by atoms with Gasteiger partial charge in [0.25, 0.3) is 0 Å². The van der Waals surface area contributed by atoms with Crippen LogP contribution in [0.4, 0.5) is 0 Å². The molecule has 0 radical (unpaired) electrons. The minimum Gasteiger partial charge on any atom is -0.481 e. The van der Waals surface area contributed by atoms with Crippen molar-refractivity contribution in [2.24, 2.45) is 5.41 Å². The average Bonchev–Trinajstić information content (AvgIpc) is 2.95. The van der Waals surface area contributed by atoms with Crippen LogP contribution in [0.25, 0.3) is 0 Å². The lowest BCUT2D eigenvalue weighted by atomic mass is 10.0. The molecule has 0 aromatic rings. The lowest BCUT2D eigenvalue weighted by molar-refractivity contribution is -0.137. The highest BCUT2D eigenvalue weighted by Crippen LogP contribution is 2.48. The van der Waals surface area contributed by atoms with E-state index in [1.165, 1.54) is 12.8 Å². The second-order valence-electron chi connectivity index (χ2n) is 4.42. The van der Waals surface area contributed by atoms with Crippen molar-refractivity contribution in [2.75, 3.05) is 26.8 Å². The molecule has 0 aliphatic heterocycles. The summed E-state index contributed by atoms with van der Waals surface area (Å²) in [5.74, 6) is -0.711. The summed E-state index contributed by atoms with van der Waals surface area (Å²) < 4.78 is 5.07. The Morgan fingerprint density at radius 2 is 2.27 bits per heavy atom. The number of ether oxygens (including phenoxy) is 1. The Hall–Kier alpha value is -0.610. The van der Waals surface area contributed by atoms with Gasteiger partial charge in [0.1, 0.15) is 0 Å². The van der Waals surface area contributed by atoms with Crippen molar-refractivity contribution < 1.29 is 14.6 Å². The Kier molecular flexibility index (Phi) is 5.05. The summed E-state index contributed by atoms with van der Waals surface area (Å²) in [6, 6.07) is 0. The van der Waals surface area contributed by atoms with E-state index in [4.69, 9.17) is 9.84 Å². The topological polar surface area (TPSA) is 58.6 Å². The highest BCUT2D eigenvalue weighted by Gasteiger charge is 2.41. The normalized spacial score (nSPS) is 17.7. The number of hydrogen-bond acceptors (Lipinski definition) is 3. The third-order valence-corrected chi connectivity index (χ3v) is 3.04. The van der Waals surface area contributed by atoms with Gasteiger partial charge in [-0.05, 0) is 37.6 Å². The Balaban J connectivity index is 1.97. The Morgan fingerprint density at radius 1 is 1.53 bits per heavy atom. The molecule has 1 aliphatic carbocycles. The number of methoxy groups -OCH3 is 1. The predicted octanol–water partition coefficient (Wildman–Crippen LogP) is 1.26. The summed E-state index contributed by atoms with van der Waals surface area (Å²) in [6.07, 6.45) is 4.66. The van der Waals surface area contributed by atoms with Crippen LogP contribution in [0, 0.1) is 5.41 Å². The van der Waals surface area contributed by atoms with Gasteiger partial charge < -0.3 is 15.2 Å². The van der Waals surface area contributed by atoms with Gasteiger partial charge in [0.15, 0.2) is 0 Å². The number of nitrogens with one attached hydrogen (secondary N) is 1. The molecular formula is C11H21NO3. The molecule has 0 spiro atoms. The van der Waals surface area contributed by atoms with E-state index in [0.29, 0.717) is 5.41 Å². The minimum atomic E-state index is -0.711. The average molecular weight is 215 g/mol. The molecule has 0 aromatic heterocycles. The molecule has 88 valence electrons. The third-order valence-electron chi connectivity index (χ3n) is 3.04. The molecule has 0 saturated heterocycles. The van der Waals surface area contributed by atoms with Gasteiger partial charge in [0.2, 0.25) is 0 Å². The maximum absolute atomic E-state index is 10.3. The molecular weight excluding hydrogens is 194 g/mol. The molecule has 4 nitrogen and oxygen atoms in total. The molecule has 0 amide bonds. The highest BCUT2D eigenvalue weighted by molar-refractivity contribution is 5.66. The molecule has 0 bridgehead atoms. The first kappa shape index (κ1) is 12.5. The molecule has 15 heavy (non-hydrogen) atoms. The van der Waals surface area contributed by atoms with E-state index < -0.39 is 5.97 Å². The number of hydrogen-bond donors (Lipinski definition) is 2. The number of carbonyl (C=O) groups is 1. The van der Waals surface area contributed by atoms with Gasteiger partial charge in [-0.3, -0.25) is 4.79 Å². The zero-order valence-electron chi connectivity index (χ0n) is 9.42. The predicted molar refractivity (Wildman–Crippen MR) is 57.9 cm³/mol. The summed E-state index contributed by atoms with van der Waals surface area (Å²) in [5.41, 5.74) is 0.458. The van der Waals surface area contributed by atoms with Gasteiger partial charge in [-0.1, -0.05) is 0 Å². The van der Waals surface area contributed by atoms with Crippen molar-refractivity contribution >= 4 is 5.97 Å². The first-order valence-electron chi connectivity index (χ1n) is 5.60. The van der Waals surface area contributed by atoms with Crippen LogP contribution in [0.5, 0.6) is 0 Å². The van der Waals surface area contributed by atoms with Crippen molar-refractivity contribution in [3.05, 3.63) is 0 Å². The summed E-state index contributed by atoms with van der Waals surface area (Å²) in [6.45, 7) is 2.65. The largest absolute Gasteiger partial charge is 0.481 e. The van der Waals surface area contributed by atoms with Crippen molar-refractivity contribution in [1.82, 2.24) is 5.32 Å². The van der Waals surface area contributed by atoms with E-state index in [1.54, 1.807) is 7.11 Å². The van der Waals surface area contributed by atoms with Crippen LogP contribution in [0.3, 0.4) is 0 Å². The van der Waals surface area contributed by atoms with Gasteiger partial charge in [0.05, 0.1) is 0 Å². The van der Waals surface area contributed by atoms with Crippen LogP contribution in [-0.4, -0.2) is 37.9 Å². The fraction of sp³-hybridized carbons (Fsp3) is 0.909. The van der Waals surface area contributed by atoms with Crippen LogP contribution in [0.1, 0.15) is 32.1 Å². The van der Waals surface area contributed by atoms with Gasteiger partial charge >= 0.3 is 5.97 Å². The summed E-state index contributed by atoms with van der Waals surface area (Å²) in [5, 5.41) is 11.8. The molecule has 0 atom stereocenters. The number of carboxylic acids is 1. The smallest absolute Gasteiger partial charge is 0.303 e. The van der Waals surface area contributed by atoms with E-state index >= 15 is 0 Å². The first-order chi connectivity index (χ1) is 7.18. The van der Waals surface area contributed by atoms with Crippen molar-refractivity contribution in [3.8, 4) is 0 Å². The summed E-state index contributed by atoms with van der Waals surface area (Å²) in [7, 11) is 1.73. The third kappa shape index (κ3) is 5.14. The van der Waals surface area contributed by atoms with Gasteiger partial charge in [-0.15, -0.1) is 0 Å². The molecule has 1 saturated carbocycles. The van der Waals surface area contributed by atoms with Gasteiger partial charge in [-0.2, -0.15) is 0 Å². The molecule has 1 rings (SSSR count). The summed E-state index contributed by atoms with van der Waals surface area (Å²) >= 11 is 0. The van der Waals surface area contributed by atoms with Crippen LogP contribution in [0.15, 0.2) is 0 Å². The fourth-order valence-corrected chi connectivity index (χ4v) is 1.73. The van der Waals surface area contributed by atoms with Crippen molar-refractivity contribution in [2.45, 2.75) is 32.1 Å². The Bertz CT molecular complexity index is 202. The van der Waals surface area contributed by atoms with E-state index in [0.717, 1.165) is 32.5 Å². The lowest BCUT2D eigenvalue weighted by Gasteiger charge is -2.15. The molecule has 4 heteroatoms.